The SMILES string of the molecule is C1CC2(CC2)CN1.O=CN[C@@H](C[C@@H]1CCNC1=O)C(=O)COC(F)(F)F. The monoisotopic (exact) mass is 379 g/mol. The highest BCUT2D eigenvalue weighted by molar-refractivity contribution is 5.88. The van der Waals surface area contributed by atoms with Crippen molar-refractivity contribution in [3.05, 3.63) is 0 Å². The van der Waals surface area contributed by atoms with Crippen molar-refractivity contribution < 1.29 is 32.3 Å². The number of ketones is 1. The van der Waals surface area contributed by atoms with Crippen LogP contribution in [0, 0.1) is 11.3 Å². The van der Waals surface area contributed by atoms with Crippen LogP contribution in [0.2, 0.25) is 0 Å². The van der Waals surface area contributed by atoms with Crippen LogP contribution in [0.5, 0.6) is 0 Å². The minimum Gasteiger partial charge on any atom is -0.356 e. The predicted octanol–water partition coefficient (Wildman–Crippen LogP) is 0.493. The molecule has 0 bridgehead atoms. The zero-order valence-electron chi connectivity index (χ0n) is 14.4. The van der Waals surface area contributed by atoms with Crippen LogP contribution >= 0.6 is 0 Å². The number of halogens is 3. The molecular formula is C16H24F3N3O4. The van der Waals surface area contributed by atoms with Crippen LogP contribution in [-0.4, -0.2) is 56.7 Å². The lowest BCUT2D eigenvalue weighted by Crippen LogP contribution is -2.41. The van der Waals surface area contributed by atoms with Gasteiger partial charge in [-0.1, -0.05) is 0 Å². The normalized spacial score (nSPS) is 24.4. The topological polar surface area (TPSA) is 96.5 Å². The van der Waals surface area contributed by atoms with Gasteiger partial charge in [0.05, 0.1) is 6.04 Å². The summed E-state index contributed by atoms with van der Waals surface area (Å²) < 4.78 is 38.8. The Morgan fingerprint density at radius 1 is 1.35 bits per heavy atom. The van der Waals surface area contributed by atoms with Gasteiger partial charge in [-0.15, -0.1) is 13.2 Å². The van der Waals surface area contributed by atoms with E-state index in [0.29, 0.717) is 13.0 Å². The zero-order valence-corrected chi connectivity index (χ0v) is 14.4. The summed E-state index contributed by atoms with van der Waals surface area (Å²) in [6.07, 6.45) is 0.191. The van der Waals surface area contributed by atoms with Crippen LogP contribution in [0.4, 0.5) is 13.2 Å². The van der Waals surface area contributed by atoms with Gasteiger partial charge in [-0.05, 0) is 44.1 Å². The molecule has 2 heterocycles. The minimum absolute atomic E-state index is 0.0371. The molecule has 2 atom stereocenters. The maximum absolute atomic E-state index is 11.8. The lowest BCUT2D eigenvalue weighted by molar-refractivity contribution is -0.321. The average Bonchev–Trinajstić information content (AvgIpc) is 2.96. The summed E-state index contributed by atoms with van der Waals surface area (Å²) >= 11 is 0. The van der Waals surface area contributed by atoms with Gasteiger partial charge in [0.25, 0.3) is 0 Å². The number of nitrogens with one attached hydrogen (secondary N) is 3. The van der Waals surface area contributed by atoms with Crippen LogP contribution < -0.4 is 16.0 Å². The Labute approximate surface area is 149 Å². The van der Waals surface area contributed by atoms with E-state index in [1.807, 2.05) is 0 Å². The third kappa shape index (κ3) is 6.56. The first-order chi connectivity index (χ1) is 12.2. The molecule has 0 aromatic heterocycles. The van der Waals surface area contributed by atoms with Gasteiger partial charge in [-0.3, -0.25) is 19.1 Å². The highest BCUT2D eigenvalue weighted by Crippen LogP contribution is 2.49. The van der Waals surface area contributed by atoms with Gasteiger partial charge in [0.1, 0.15) is 6.61 Å². The first kappa shape index (κ1) is 20.6. The number of hydrogen-bond acceptors (Lipinski definition) is 5. The second kappa shape index (κ2) is 8.81. The Kier molecular flexibility index (Phi) is 6.99. The van der Waals surface area contributed by atoms with Gasteiger partial charge in [0.2, 0.25) is 12.3 Å². The number of alkyl halides is 3. The van der Waals surface area contributed by atoms with Crippen molar-refractivity contribution >= 4 is 18.1 Å². The average molecular weight is 379 g/mol. The van der Waals surface area contributed by atoms with E-state index in [0.717, 1.165) is 5.41 Å². The second-order valence-electron chi connectivity index (χ2n) is 6.98. The molecule has 2 aliphatic heterocycles. The molecule has 3 aliphatic rings. The summed E-state index contributed by atoms with van der Waals surface area (Å²) in [4.78, 5) is 33.1. The van der Waals surface area contributed by atoms with Gasteiger partial charge in [0, 0.05) is 19.0 Å². The Morgan fingerprint density at radius 3 is 2.50 bits per heavy atom. The number of ether oxygens (including phenoxy) is 1. The molecule has 3 fully saturated rings. The highest BCUT2D eigenvalue weighted by Gasteiger charge is 2.44. The zero-order chi connectivity index (χ0) is 19.2. The smallest absolute Gasteiger partial charge is 0.356 e. The number of carbonyl (C=O) groups excluding carboxylic acids is 3. The second-order valence-corrected chi connectivity index (χ2v) is 6.98. The molecule has 0 aromatic rings. The molecule has 1 saturated carbocycles. The lowest BCUT2D eigenvalue weighted by atomic mass is 9.96. The van der Waals surface area contributed by atoms with E-state index in [-0.39, 0.29) is 18.7 Å². The molecule has 2 saturated heterocycles. The molecule has 3 N–H and O–H groups in total. The molecule has 7 nitrogen and oxygen atoms in total. The molecule has 3 rings (SSSR count). The quantitative estimate of drug-likeness (QED) is 0.560. The molecule has 1 spiro atoms. The first-order valence-corrected chi connectivity index (χ1v) is 8.66. The van der Waals surface area contributed by atoms with Crippen molar-refractivity contribution in [3.8, 4) is 0 Å². The van der Waals surface area contributed by atoms with Gasteiger partial charge >= 0.3 is 6.36 Å². The fourth-order valence-electron chi connectivity index (χ4n) is 3.18. The summed E-state index contributed by atoms with van der Waals surface area (Å²) in [6.45, 7) is 1.85. The lowest BCUT2D eigenvalue weighted by Gasteiger charge is -2.18. The fraction of sp³-hybridized carbons (Fsp3) is 0.812. The summed E-state index contributed by atoms with van der Waals surface area (Å²) in [5.74, 6) is -1.70. The van der Waals surface area contributed by atoms with E-state index in [2.05, 4.69) is 20.7 Å². The summed E-state index contributed by atoms with van der Waals surface area (Å²) in [5.41, 5.74) is 0.833. The van der Waals surface area contributed by atoms with Gasteiger partial charge in [0.15, 0.2) is 5.78 Å². The van der Waals surface area contributed by atoms with Crippen LogP contribution in [0.3, 0.4) is 0 Å². The number of amides is 2. The van der Waals surface area contributed by atoms with E-state index < -0.39 is 30.7 Å². The Morgan fingerprint density at radius 2 is 2.08 bits per heavy atom. The highest BCUT2D eigenvalue weighted by atomic mass is 19.4. The van der Waals surface area contributed by atoms with E-state index in [4.69, 9.17) is 0 Å². The third-order valence-electron chi connectivity index (χ3n) is 5.01. The van der Waals surface area contributed by atoms with Gasteiger partial charge in [-0.2, -0.15) is 0 Å². The molecule has 0 radical (unpaired) electrons. The van der Waals surface area contributed by atoms with Crippen molar-refractivity contribution in [1.82, 2.24) is 16.0 Å². The molecule has 0 unspecified atom stereocenters. The van der Waals surface area contributed by atoms with Gasteiger partial charge < -0.3 is 16.0 Å². The predicted molar refractivity (Wildman–Crippen MR) is 84.9 cm³/mol. The molecule has 2 amide bonds. The number of carbonyl (C=O) groups is 3. The largest absolute Gasteiger partial charge is 0.522 e. The van der Waals surface area contributed by atoms with Gasteiger partial charge in [-0.25, -0.2) is 0 Å². The molecule has 148 valence electrons. The Bertz CT molecular complexity index is 515. The summed E-state index contributed by atoms with van der Waals surface area (Å²) in [5, 5.41) is 8.02. The summed E-state index contributed by atoms with van der Waals surface area (Å²) in [7, 11) is 0. The molecule has 26 heavy (non-hydrogen) atoms. The molecule has 0 aromatic carbocycles. The minimum atomic E-state index is -4.91. The Hall–Kier alpha value is -1.68. The number of Topliss-reactive ketones (excluding diaryl/α,β-unsaturated/α-hetero) is 1. The standard InChI is InChI=1S/C10H13F3N2O4.C6H11N/c11-10(12,13)19-4-8(17)7(15-5-16)3-6-1-2-14-9(6)18;1-2-6(1)3-4-7-5-6/h5-7H,1-4H2,(H,14,18)(H,15,16);7H,1-5H2/t6-,7-;/m0./s1. The van der Waals surface area contributed by atoms with Crippen molar-refractivity contribution in [2.75, 3.05) is 26.2 Å². The Balaban J connectivity index is 0.000000282. The van der Waals surface area contributed by atoms with Crippen molar-refractivity contribution in [2.24, 2.45) is 11.3 Å². The summed E-state index contributed by atoms with van der Waals surface area (Å²) in [6, 6.07) is -1.16. The fourth-order valence-corrected chi connectivity index (χ4v) is 3.18. The van der Waals surface area contributed by atoms with Crippen molar-refractivity contribution in [2.45, 2.75) is 44.5 Å². The van der Waals surface area contributed by atoms with E-state index in [9.17, 15) is 27.6 Å². The van der Waals surface area contributed by atoms with Crippen LogP contribution in [0.25, 0.3) is 0 Å². The number of rotatable bonds is 7. The van der Waals surface area contributed by atoms with Crippen LogP contribution in [-0.2, 0) is 19.1 Å². The number of hydrogen-bond donors (Lipinski definition) is 3. The maximum Gasteiger partial charge on any atom is 0.522 e. The van der Waals surface area contributed by atoms with E-state index >= 15 is 0 Å². The van der Waals surface area contributed by atoms with E-state index in [1.165, 1.54) is 32.4 Å². The molecule has 1 aliphatic carbocycles. The van der Waals surface area contributed by atoms with Crippen molar-refractivity contribution in [3.63, 3.8) is 0 Å². The molecular weight excluding hydrogens is 355 g/mol. The third-order valence-corrected chi connectivity index (χ3v) is 5.01. The van der Waals surface area contributed by atoms with Crippen LogP contribution in [0.1, 0.15) is 32.1 Å². The maximum atomic E-state index is 11.8. The van der Waals surface area contributed by atoms with E-state index in [1.54, 1.807) is 0 Å². The molecule has 10 heteroatoms. The van der Waals surface area contributed by atoms with Crippen LogP contribution in [0.15, 0.2) is 0 Å². The first-order valence-electron chi connectivity index (χ1n) is 8.66. The van der Waals surface area contributed by atoms with Crippen molar-refractivity contribution in [1.29, 1.82) is 0 Å².